The highest BCUT2D eigenvalue weighted by Crippen LogP contribution is 2.57. The Labute approximate surface area is 151 Å². The molecule has 2 aromatic carbocycles. The molecule has 1 heterocycles. The number of ketones is 1. The Morgan fingerprint density at radius 3 is 2.31 bits per heavy atom. The van der Waals surface area contributed by atoms with E-state index < -0.39 is 31.7 Å². The molecular formula is C17H17F3O4S2. The lowest BCUT2D eigenvalue weighted by atomic mass is 10.0. The second-order valence-corrected chi connectivity index (χ2v) is 11.1. The van der Waals surface area contributed by atoms with Crippen LogP contribution in [0.25, 0.3) is 10.8 Å². The van der Waals surface area contributed by atoms with Crippen molar-refractivity contribution in [2.45, 2.75) is 18.3 Å². The molecule has 0 spiro atoms. The van der Waals surface area contributed by atoms with Gasteiger partial charge in [0.2, 0.25) is 0 Å². The van der Waals surface area contributed by atoms with Crippen molar-refractivity contribution in [1.82, 2.24) is 0 Å². The molecule has 0 atom stereocenters. The fourth-order valence-electron chi connectivity index (χ4n) is 3.08. The van der Waals surface area contributed by atoms with Crippen LogP contribution in [0.4, 0.5) is 13.2 Å². The molecule has 0 aliphatic carbocycles. The monoisotopic (exact) mass is 406 g/mol. The average Bonchev–Trinajstić information content (AvgIpc) is 3.00. The van der Waals surface area contributed by atoms with Crippen molar-refractivity contribution in [1.29, 1.82) is 0 Å². The molecule has 0 saturated carbocycles. The summed E-state index contributed by atoms with van der Waals surface area (Å²) < 4.78 is 65.9. The molecule has 9 heteroatoms. The zero-order chi connectivity index (χ0) is 19.0. The van der Waals surface area contributed by atoms with Crippen LogP contribution in [-0.2, 0) is 13.7 Å². The van der Waals surface area contributed by atoms with E-state index in [9.17, 15) is 26.4 Å². The first kappa shape index (κ1) is 19.2. The number of benzene rings is 2. The molecule has 0 unspecified atom stereocenters. The summed E-state index contributed by atoms with van der Waals surface area (Å²) >= 11 is 0. The predicted molar refractivity (Wildman–Crippen MR) is 95.8 cm³/mol. The highest BCUT2D eigenvalue weighted by molar-refractivity contribution is 8.33. The zero-order valence-electron chi connectivity index (χ0n) is 13.7. The summed E-state index contributed by atoms with van der Waals surface area (Å²) in [4.78, 5) is 12.8. The highest BCUT2D eigenvalue weighted by Gasteiger charge is 2.51. The maximum Gasteiger partial charge on any atom is 0.523 e. The van der Waals surface area contributed by atoms with Gasteiger partial charge in [0.15, 0.2) is 5.78 Å². The molecular weight excluding hydrogens is 389 g/mol. The lowest BCUT2D eigenvalue weighted by Crippen LogP contribution is -2.30. The van der Waals surface area contributed by atoms with Gasteiger partial charge >= 0.3 is 15.6 Å². The van der Waals surface area contributed by atoms with Crippen molar-refractivity contribution in [2.24, 2.45) is 0 Å². The molecule has 1 fully saturated rings. The fraction of sp³-hybridized carbons (Fsp3) is 0.353. The molecule has 1 saturated heterocycles. The van der Waals surface area contributed by atoms with Gasteiger partial charge in [0.1, 0.15) is 0 Å². The van der Waals surface area contributed by atoms with Crippen LogP contribution in [0, 0.1) is 0 Å². The number of carbonyl (C=O) groups excluding carboxylic acids is 1. The first-order valence-electron chi connectivity index (χ1n) is 7.93. The molecule has 26 heavy (non-hydrogen) atoms. The molecule has 142 valence electrons. The van der Waals surface area contributed by atoms with E-state index in [1.165, 1.54) is 0 Å². The summed E-state index contributed by atoms with van der Waals surface area (Å²) in [6.45, 7) is 0. The molecule has 1 aliphatic rings. The number of hydrogen-bond donors (Lipinski definition) is 0. The Hall–Kier alpha value is -1.58. The van der Waals surface area contributed by atoms with E-state index in [0.717, 1.165) is 5.39 Å². The van der Waals surface area contributed by atoms with E-state index >= 15 is 0 Å². The lowest BCUT2D eigenvalue weighted by molar-refractivity contribution is -0.0496. The van der Waals surface area contributed by atoms with Gasteiger partial charge in [0, 0.05) is 17.1 Å². The Morgan fingerprint density at radius 1 is 1.04 bits per heavy atom. The predicted octanol–water partition coefficient (Wildman–Crippen LogP) is 4.40. The Kier molecular flexibility index (Phi) is 5.06. The molecule has 3 rings (SSSR count). The topological polar surface area (TPSA) is 60.4 Å². The van der Waals surface area contributed by atoms with Crippen LogP contribution >= 0.6 is 10.3 Å². The molecule has 1 aliphatic heterocycles. The van der Waals surface area contributed by atoms with Gasteiger partial charge < -0.3 is 0 Å². The smallest absolute Gasteiger partial charge is 0.293 e. The van der Waals surface area contributed by atoms with Gasteiger partial charge in [-0.2, -0.15) is 21.6 Å². The van der Waals surface area contributed by atoms with Crippen LogP contribution in [-0.4, -0.2) is 37.0 Å². The third-order valence-electron chi connectivity index (χ3n) is 4.28. The minimum Gasteiger partial charge on any atom is -0.293 e. The number of fused-ring (bicyclic) bond motifs is 1. The molecule has 0 amide bonds. The van der Waals surface area contributed by atoms with Gasteiger partial charge in [-0.3, -0.25) is 4.79 Å². The highest BCUT2D eigenvalue weighted by atomic mass is 32.3. The van der Waals surface area contributed by atoms with Crippen LogP contribution in [0.2, 0.25) is 0 Å². The van der Waals surface area contributed by atoms with Gasteiger partial charge in [-0.25, -0.2) is 3.63 Å². The van der Waals surface area contributed by atoms with Gasteiger partial charge in [-0.05, 0) is 23.6 Å². The Bertz CT molecular complexity index is 927. The van der Waals surface area contributed by atoms with E-state index in [0.29, 0.717) is 23.8 Å². The van der Waals surface area contributed by atoms with Crippen molar-refractivity contribution < 1.29 is 30.0 Å². The fourth-order valence-corrected chi connectivity index (χ4v) is 8.23. The number of carbonyl (C=O) groups is 1. The summed E-state index contributed by atoms with van der Waals surface area (Å²) in [7, 11) is -8.40. The second-order valence-electron chi connectivity index (χ2n) is 6.14. The minimum atomic E-state index is -5.73. The lowest BCUT2D eigenvalue weighted by Gasteiger charge is -2.33. The summed E-state index contributed by atoms with van der Waals surface area (Å²) in [5.41, 5.74) is -5.12. The number of Topliss-reactive ketones (excluding diaryl/α,β-unsaturated/α-hetero) is 1. The van der Waals surface area contributed by atoms with Crippen molar-refractivity contribution in [2.75, 3.05) is 17.3 Å². The van der Waals surface area contributed by atoms with Crippen molar-refractivity contribution >= 4 is 37.0 Å². The quantitative estimate of drug-likeness (QED) is 0.545. The maximum absolute atomic E-state index is 12.8. The van der Waals surface area contributed by atoms with Crippen LogP contribution < -0.4 is 0 Å². The van der Waals surface area contributed by atoms with Crippen molar-refractivity contribution in [3.05, 3.63) is 48.0 Å². The minimum absolute atomic E-state index is 0.179. The molecule has 4 nitrogen and oxygen atoms in total. The van der Waals surface area contributed by atoms with Crippen LogP contribution in [0.5, 0.6) is 0 Å². The Balaban J connectivity index is 1.92. The summed E-state index contributed by atoms with van der Waals surface area (Å²) in [5.74, 6) is -0.357. The number of hydrogen-bond acceptors (Lipinski definition) is 4. The maximum atomic E-state index is 12.8. The number of rotatable bonds is 5. The number of halogens is 3. The average molecular weight is 406 g/mol. The molecule has 0 radical (unpaired) electrons. The molecule has 0 N–H and O–H groups in total. The standard InChI is InChI=1S/C17H17F3O4S2/c18-17(19,20)26(22,23)24-25(10-3-4-11-25)12-16(21)15-9-5-7-13-6-1-2-8-14(13)15/h1-2,5-9H,3-4,10-12H2. The largest absolute Gasteiger partial charge is 0.523 e. The van der Waals surface area contributed by atoms with Crippen molar-refractivity contribution in [3.8, 4) is 0 Å². The Morgan fingerprint density at radius 2 is 1.65 bits per heavy atom. The van der Waals surface area contributed by atoms with Gasteiger partial charge in [0.05, 0.1) is 5.75 Å². The van der Waals surface area contributed by atoms with Gasteiger partial charge in [0.25, 0.3) is 0 Å². The van der Waals surface area contributed by atoms with E-state index in [1.54, 1.807) is 24.3 Å². The normalized spacial score (nSPS) is 18.7. The van der Waals surface area contributed by atoms with E-state index in [4.69, 9.17) is 0 Å². The zero-order valence-corrected chi connectivity index (χ0v) is 15.3. The van der Waals surface area contributed by atoms with E-state index in [-0.39, 0.29) is 17.3 Å². The molecule has 2 aromatic rings. The molecule has 0 aromatic heterocycles. The summed E-state index contributed by atoms with van der Waals surface area (Å²) in [6.07, 6.45) is 1.09. The van der Waals surface area contributed by atoms with Gasteiger partial charge in [-0.1, -0.05) is 42.5 Å². The summed E-state index contributed by atoms with van der Waals surface area (Å²) in [5, 5.41) is 1.52. The molecule has 0 bridgehead atoms. The SMILES string of the molecule is O=C(CS1(OS(=O)(=O)C(F)(F)F)CCCC1)c1cccc2ccccc12. The van der Waals surface area contributed by atoms with E-state index in [1.807, 2.05) is 18.2 Å². The number of alkyl halides is 3. The first-order valence-corrected chi connectivity index (χ1v) is 11.4. The second kappa shape index (κ2) is 6.86. The van der Waals surface area contributed by atoms with E-state index in [2.05, 4.69) is 3.63 Å². The first-order chi connectivity index (χ1) is 12.1. The van der Waals surface area contributed by atoms with Crippen LogP contribution in [0.15, 0.2) is 42.5 Å². The summed E-state index contributed by atoms with van der Waals surface area (Å²) in [6, 6.07) is 12.3. The van der Waals surface area contributed by atoms with Crippen LogP contribution in [0.3, 0.4) is 0 Å². The van der Waals surface area contributed by atoms with Gasteiger partial charge in [-0.15, -0.1) is 10.3 Å². The van der Waals surface area contributed by atoms with Crippen LogP contribution in [0.1, 0.15) is 23.2 Å². The third kappa shape index (κ3) is 3.74. The third-order valence-corrected chi connectivity index (χ3v) is 9.58. The van der Waals surface area contributed by atoms with Crippen molar-refractivity contribution in [3.63, 3.8) is 0 Å².